The van der Waals surface area contributed by atoms with Crippen molar-refractivity contribution in [3.05, 3.63) is 54.6 Å². The average molecular weight is 388 g/mol. The number of unbranched alkanes of at least 4 members (excludes halogenated alkanes) is 1. The maximum atomic E-state index is 5.90. The zero-order valence-corrected chi connectivity index (χ0v) is 16.7. The number of para-hydroxylation sites is 1. The Bertz CT molecular complexity index is 669. The van der Waals surface area contributed by atoms with Gasteiger partial charge in [-0.3, -0.25) is 0 Å². The summed E-state index contributed by atoms with van der Waals surface area (Å²) < 4.78 is 11.7. The van der Waals surface area contributed by atoms with Crippen LogP contribution >= 0.6 is 12.4 Å². The molecule has 0 spiro atoms. The average Bonchev–Trinajstić information content (AvgIpc) is 2.71. The lowest BCUT2D eigenvalue weighted by Gasteiger charge is -2.45. The number of hydrogen-bond acceptors (Lipinski definition) is 3. The van der Waals surface area contributed by atoms with Gasteiger partial charge >= 0.3 is 0 Å². The van der Waals surface area contributed by atoms with E-state index in [2.05, 4.69) is 4.90 Å². The van der Waals surface area contributed by atoms with Crippen molar-refractivity contribution < 1.29 is 9.47 Å². The predicted molar refractivity (Wildman–Crippen MR) is 112 cm³/mol. The van der Waals surface area contributed by atoms with Gasteiger partial charge in [0.25, 0.3) is 0 Å². The van der Waals surface area contributed by atoms with Crippen molar-refractivity contribution in [3.8, 4) is 17.2 Å². The third-order valence-electron chi connectivity index (χ3n) is 5.83. The lowest BCUT2D eigenvalue weighted by atomic mass is 9.77. The van der Waals surface area contributed by atoms with E-state index >= 15 is 0 Å². The van der Waals surface area contributed by atoms with Crippen LogP contribution in [-0.2, 0) is 0 Å². The van der Waals surface area contributed by atoms with Crippen molar-refractivity contribution in [1.29, 1.82) is 0 Å². The topological polar surface area (TPSA) is 21.7 Å². The number of hydrogen-bond donors (Lipinski definition) is 0. The smallest absolute Gasteiger partial charge is 0.127 e. The van der Waals surface area contributed by atoms with E-state index in [1.807, 2.05) is 54.6 Å². The molecule has 0 aliphatic carbocycles. The Morgan fingerprint density at radius 2 is 1.48 bits per heavy atom. The molecule has 3 nitrogen and oxygen atoms in total. The number of halogens is 1. The van der Waals surface area contributed by atoms with Crippen molar-refractivity contribution in [3.63, 3.8) is 0 Å². The van der Waals surface area contributed by atoms with Crippen LogP contribution in [0.1, 0.15) is 32.1 Å². The first kappa shape index (κ1) is 20.0. The molecule has 3 aliphatic heterocycles. The molecule has 0 saturated carbocycles. The molecule has 27 heavy (non-hydrogen) atoms. The molecule has 146 valence electrons. The fraction of sp³-hybridized carbons (Fsp3) is 0.478. The SMILES string of the molecule is Cl.c1ccc(Oc2ccc(OCCCCC3CN4CCC3CC4)cc2)cc1. The summed E-state index contributed by atoms with van der Waals surface area (Å²) >= 11 is 0. The molecule has 3 aliphatic rings. The number of piperidine rings is 3. The second kappa shape index (κ2) is 10.0. The van der Waals surface area contributed by atoms with E-state index in [0.29, 0.717) is 0 Å². The highest BCUT2D eigenvalue weighted by Gasteiger charge is 2.33. The van der Waals surface area contributed by atoms with E-state index in [9.17, 15) is 0 Å². The van der Waals surface area contributed by atoms with Crippen molar-refractivity contribution in [1.82, 2.24) is 4.90 Å². The molecule has 0 N–H and O–H groups in total. The lowest BCUT2D eigenvalue weighted by molar-refractivity contribution is 0.0450. The molecule has 1 atom stereocenters. The van der Waals surface area contributed by atoms with Crippen LogP contribution in [0.2, 0.25) is 0 Å². The van der Waals surface area contributed by atoms with Gasteiger partial charge in [-0.2, -0.15) is 0 Å². The van der Waals surface area contributed by atoms with E-state index in [-0.39, 0.29) is 12.4 Å². The van der Waals surface area contributed by atoms with Crippen molar-refractivity contribution >= 4 is 12.4 Å². The molecule has 3 saturated heterocycles. The van der Waals surface area contributed by atoms with E-state index in [1.165, 1.54) is 45.3 Å². The van der Waals surface area contributed by atoms with Crippen LogP contribution in [0.4, 0.5) is 0 Å². The zero-order valence-electron chi connectivity index (χ0n) is 15.9. The predicted octanol–water partition coefficient (Wildman–Crippen LogP) is 5.79. The normalized spacial score (nSPS) is 23.5. The molecule has 0 amide bonds. The monoisotopic (exact) mass is 387 g/mol. The summed E-state index contributed by atoms with van der Waals surface area (Å²) in [5, 5.41) is 0. The molecule has 2 bridgehead atoms. The van der Waals surface area contributed by atoms with E-state index < -0.39 is 0 Å². The Morgan fingerprint density at radius 1 is 0.815 bits per heavy atom. The van der Waals surface area contributed by atoms with Crippen molar-refractivity contribution in [2.75, 3.05) is 26.2 Å². The second-order valence-corrected chi connectivity index (χ2v) is 7.63. The molecule has 0 radical (unpaired) electrons. The molecule has 1 unspecified atom stereocenters. The molecule has 0 aromatic heterocycles. The van der Waals surface area contributed by atoms with E-state index in [4.69, 9.17) is 9.47 Å². The van der Waals surface area contributed by atoms with Gasteiger partial charge in [-0.05, 0) is 93.4 Å². The molecular formula is C23H30ClNO2. The Morgan fingerprint density at radius 3 is 2.15 bits per heavy atom. The summed E-state index contributed by atoms with van der Waals surface area (Å²) in [6, 6.07) is 17.8. The lowest BCUT2D eigenvalue weighted by Crippen LogP contribution is -2.47. The van der Waals surface area contributed by atoms with Crippen molar-refractivity contribution in [2.45, 2.75) is 32.1 Å². The van der Waals surface area contributed by atoms with Crippen LogP contribution < -0.4 is 9.47 Å². The molecular weight excluding hydrogens is 358 g/mol. The number of nitrogens with zero attached hydrogens (tertiary/aromatic N) is 1. The van der Waals surface area contributed by atoms with Crippen LogP contribution in [0, 0.1) is 11.8 Å². The zero-order chi connectivity index (χ0) is 17.6. The first-order valence-corrected chi connectivity index (χ1v) is 10.0. The Hall–Kier alpha value is -1.71. The molecule has 2 aromatic rings. The number of benzene rings is 2. The van der Waals surface area contributed by atoms with Gasteiger partial charge in [0.15, 0.2) is 0 Å². The Kier molecular flexibility index (Phi) is 7.42. The van der Waals surface area contributed by atoms with Crippen molar-refractivity contribution in [2.24, 2.45) is 11.8 Å². The minimum atomic E-state index is 0. The van der Waals surface area contributed by atoms with Gasteiger partial charge in [0, 0.05) is 6.54 Å². The fourth-order valence-electron chi connectivity index (χ4n) is 4.34. The largest absolute Gasteiger partial charge is 0.494 e. The third-order valence-corrected chi connectivity index (χ3v) is 5.83. The Balaban J connectivity index is 0.00000210. The third kappa shape index (κ3) is 5.63. The number of ether oxygens (including phenoxy) is 2. The molecule has 5 rings (SSSR count). The molecule has 4 heteroatoms. The first-order valence-electron chi connectivity index (χ1n) is 10.0. The number of rotatable bonds is 8. The van der Waals surface area contributed by atoms with Gasteiger partial charge in [0.1, 0.15) is 17.2 Å². The second-order valence-electron chi connectivity index (χ2n) is 7.63. The van der Waals surface area contributed by atoms with Crippen LogP contribution in [0.25, 0.3) is 0 Å². The van der Waals surface area contributed by atoms with Gasteiger partial charge < -0.3 is 14.4 Å². The standard InChI is InChI=1S/C23H29NO2.ClH/c1-2-7-22(8-3-1)26-23-11-9-21(10-12-23)25-17-5-4-6-20-18-24-15-13-19(20)14-16-24;/h1-3,7-12,19-20H,4-6,13-18H2;1H. The van der Waals surface area contributed by atoms with Crippen LogP contribution in [0.15, 0.2) is 54.6 Å². The summed E-state index contributed by atoms with van der Waals surface area (Å²) in [5.74, 6) is 4.55. The Labute approximate surface area is 169 Å². The van der Waals surface area contributed by atoms with Gasteiger partial charge in [0.05, 0.1) is 6.61 Å². The first-order chi connectivity index (χ1) is 12.9. The van der Waals surface area contributed by atoms with Crippen LogP contribution in [-0.4, -0.2) is 31.1 Å². The van der Waals surface area contributed by atoms with E-state index in [1.54, 1.807) is 0 Å². The van der Waals surface area contributed by atoms with Crippen LogP contribution in [0.5, 0.6) is 17.2 Å². The summed E-state index contributed by atoms with van der Waals surface area (Å²) in [5.41, 5.74) is 0. The van der Waals surface area contributed by atoms with Gasteiger partial charge in [-0.1, -0.05) is 18.2 Å². The number of fused-ring (bicyclic) bond motifs is 3. The summed E-state index contributed by atoms with van der Waals surface area (Å²) in [4.78, 5) is 2.65. The summed E-state index contributed by atoms with van der Waals surface area (Å²) in [6.07, 6.45) is 6.65. The highest BCUT2D eigenvalue weighted by Crippen LogP contribution is 2.35. The summed E-state index contributed by atoms with van der Waals surface area (Å²) in [7, 11) is 0. The summed E-state index contributed by atoms with van der Waals surface area (Å²) in [6.45, 7) is 4.83. The fourth-order valence-corrected chi connectivity index (χ4v) is 4.34. The van der Waals surface area contributed by atoms with Gasteiger partial charge in [0.2, 0.25) is 0 Å². The van der Waals surface area contributed by atoms with Crippen LogP contribution in [0.3, 0.4) is 0 Å². The molecule has 3 heterocycles. The highest BCUT2D eigenvalue weighted by atomic mass is 35.5. The maximum Gasteiger partial charge on any atom is 0.127 e. The highest BCUT2D eigenvalue weighted by molar-refractivity contribution is 5.85. The molecule has 2 aromatic carbocycles. The van der Waals surface area contributed by atoms with E-state index in [0.717, 1.165) is 42.1 Å². The maximum absolute atomic E-state index is 5.90. The van der Waals surface area contributed by atoms with Gasteiger partial charge in [-0.15, -0.1) is 12.4 Å². The van der Waals surface area contributed by atoms with Gasteiger partial charge in [-0.25, -0.2) is 0 Å². The quantitative estimate of drug-likeness (QED) is 0.535. The minimum absolute atomic E-state index is 0. The molecule has 3 fully saturated rings. The minimum Gasteiger partial charge on any atom is -0.494 e.